The lowest BCUT2D eigenvalue weighted by atomic mass is 9.77. The number of ether oxygens (including phenoxy) is 1. The fraction of sp³-hybridized carbons (Fsp3) is 0.429. The Labute approximate surface area is 163 Å². The quantitative estimate of drug-likeness (QED) is 0.749. The van der Waals surface area contributed by atoms with Gasteiger partial charge in [-0.2, -0.15) is 0 Å². The molecular weight excluding hydrogens is 360 g/mol. The molecule has 0 amide bonds. The lowest BCUT2D eigenvalue weighted by Gasteiger charge is -2.32. The van der Waals surface area contributed by atoms with Gasteiger partial charge < -0.3 is 10.1 Å². The van der Waals surface area contributed by atoms with E-state index in [1.807, 2.05) is 35.0 Å². The molecule has 2 aliphatic heterocycles. The number of nitrogens with zero attached hydrogens (tertiary/aromatic N) is 3. The van der Waals surface area contributed by atoms with E-state index >= 15 is 0 Å². The third kappa shape index (κ3) is 3.35. The van der Waals surface area contributed by atoms with Crippen molar-refractivity contribution in [3.05, 3.63) is 53.4 Å². The van der Waals surface area contributed by atoms with Crippen molar-refractivity contribution in [2.45, 2.75) is 31.8 Å². The molecule has 0 unspecified atom stereocenters. The number of nitrogens with one attached hydrogen (secondary N) is 1. The van der Waals surface area contributed by atoms with E-state index in [1.165, 1.54) is 12.8 Å². The second-order valence-electron chi connectivity index (χ2n) is 7.82. The fourth-order valence-electron chi connectivity index (χ4n) is 4.45. The van der Waals surface area contributed by atoms with Crippen LogP contribution in [0.3, 0.4) is 0 Å². The van der Waals surface area contributed by atoms with Gasteiger partial charge in [-0.05, 0) is 62.0 Å². The zero-order chi connectivity index (χ0) is 18.3. The van der Waals surface area contributed by atoms with E-state index in [0.29, 0.717) is 10.4 Å². The summed E-state index contributed by atoms with van der Waals surface area (Å²) in [6.07, 6.45) is 8.45. The number of fused-ring (bicyclic) bond motifs is 1. The van der Waals surface area contributed by atoms with Crippen molar-refractivity contribution in [3.63, 3.8) is 0 Å². The van der Waals surface area contributed by atoms with Crippen LogP contribution in [0.15, 0.2) is 42.7 Å². The molecule has 0 saturated carbocycles. The molecule has 140 valence electrons. The minimum Gasteiger partial charge on any atom is -0.377 e. The zero-order valence-electron chi connectivity index (χ0n) is 15.2. The van der Waals surface area contributed by atoms with Gasteiger partial charge in [0.15, 0.2) is 0 Å². The molecule has 1 N–H and O–H groups in total. The maximum Gasteiger partial charge on any atom is 0.137 e. The highest BCUT2D eigenvalue weighted by Crippen LogP contribution is 2.41. The number of pyridine rings is 2. The van der Waals surface area contributed by atoms with Gasteiger partial charge in [0, 0.05) is 18.3 Å². The van der Waals surface area contributed by atoms with E-state index in [1.54, 1.807) is 0 Å². The molecule has 5 heterocycles. The van der Waals surface area contributed by atoms with Crippen LogP contribution >= 0.6 is 11.6 Å². The molecule has 0 radical (unpaired) electrons. The van der Waals surface area contributed by atoms with E-state index in [-0.39, 0.29) is 6.10 Å². The van der Waals surface area contributed by atoms with Gasteiger partial charge >= 0.3 is 0 Å². The van der Waals surface area contributed by atoms with Crippen LogP contribution in [0.25, 0.3) is 17.0 Å². The summed E-state index contributed by atoms with van der Waals surface area (Å²) < 4.78 is 8.15. The van der Waals surface area contributed by atoms with E-state index in [0.717, 1.165) is 55.3 Å². The molecule has 0 aromatic carbocycles. The normalized spacial score (nSPS) is 21.9. The highest BCUT2D eigenvalue weighted by atomic mass is 35.5. The summed E-state index contributed by atoms with van der Waals surface area (Å²) in [6, 6.07) is 9.96. The third-order valence-electron chi connectivity index (χ3n) is 5.93. The number of imidazole rings is 1. The number of piperidine rings is 1. The molecule has 0 bridgehead atoms. The fourth-order valence-corrected chi connectivity index (χ4v) is 4.61. The van der Waals surface area contributed by atoms with Gasteiger partial charge in [-0.1, -0.05) is 17.7 Å². The Bertz CT molecular complexity index is 964. The van der Waals surface area contributed by atoms with Gasteiger partial charge in [-0.15, -0.1) is 0 Å². The Hall–Kier alpha value is -1.95. The predicted molar refractivity (Wildman–Crippen MR) is 106 cm³/mol. The van der Waals surface area contributed by atoms with Crippen LogP contribution in [-0.2, 0) is 11.2 Å². The summed E-state index contributed by atoms with van der Waals surface area (Å²) in [5.74, 6) is 0. The summed E-state index contributed by atoms with van der Waals surface area (Å²) in [7, 11) is 0. The SMILES string of the molecule is Clc1ccc2ncc(-c3cccc(C[C@H]4CC5(CCNCC5)CO4)n3)n2c1. The maximum absolute atomic E-state index is 6.16. The summed E-state index contributed by atoms with van der Waals surface area (Å²) in [6.45, 7) is 3.12. The van der Waals surface area contributed by atoms with Gasteiger partial charge in [0.1, 0.15) is 5.65 Å². The second-order valence-corrected chi connectivity index (χ2v) is 8.26. The smallest absolute Gasteiger partial charge is 0.137 e. The zero-order valence-corrected chi connectivity index (χ0v) is 16.0. The molecule has 1 spiro atoms. The molecular formula is C21H23ClN4O. The van der Waals surface area contributed by atoms with Crippen LogP contribution in [0.1, 0.15) is 25.0 Å². The Balaban J connectivity index is 1.37. The first-order valence-corrected chi connectivity index (χ1v) is 10.00. The number of hydrogen-bond donors (Lipinski definition) is 1. The monoisotopic (exact) mass is 382 g/mol. The Kier molecular flexibility index (Phi) is 4.38. The highest BCUT2D eigenvalue weighted by molar-refractivity contribution is 6.30. The van der Waals surface area contributed by atoms with E-state index in [9.17, 15) is 0 Å². The molecule has 6 heteroatoms. The van der Waals surface area contributed by atoms with E-state index in [4.69, 9.17) is 21.3 Å². The third-order valence-corrected chi connectivity index (χ3v) is 6.15. The van der Waals surface area contributed by atoms with Crippen molar-refractivity contribution in [2.75, 3.05) is 19.7 Å². The number of aromatic nitrogens is 3. The Morgan fingerprint density at radius 3 is 3.00 bits per heavy atom. The molecule has 27 heavy (non-hydrogen) atoms. The first-order chi connectivity index (χ1) is 13.2. The predicted octanol–water partition coefficient (Wildman–Crippen LogP) is 3.75. The standard InChI is InChI=1S/C21H23ClN4O/c22-15-4-5-20-24-12-19(26(20)13-15)18-3-1-2-16(25-18)10-17-11-21(14-27-17)6-8-23-9-7-21/h1-5,12-13,17,23H,6-11,14H2/t17-/m0/s1. The molecule has 1 atom stereocenters. The summed E-state index contributed by atoms with van der Waals surface area (Å²) in [4.78, 5) is 9.36. The van der Waals surface area contributed by atoms with Gasteiger partial charge in [0.2, 0.25) is 0 Å². The van der Waals surface area contributed by atoms with Crippen molar-refractivity contribution >= 4 is 17.2 Å². The Morgan fingerprint density at radius 2 is 2.11 bits per heavy atom. The second kappa shape index (κ2) is 6.89. The van der Waals surface area contributed by atoms with Crippen molar-refractivity contribution in [1.82, 2.24) is 19.7 Å². The lowest BCUT2D eigenvalue weighted by Crippen LogP contribution is -2.37. The highest BCUT2D eigenvalue weighted by Gasteiger charge is 2.40. The molecule has 3 aromatic heterocycles. The average Bonchev–Trinajstić information content (AvgIpc) is 3.27. The van der Waals surface area contributed by atoms with Gasteiger partial charge in [-0.3, -0.25) is 9.38 Å². The maximum atomic E-state index is 6.16. The van der Waals surface area contributed by atoms with E-state index in [2.05, 4.69) is 22.4 Å². The first-order valence-electron chi connectivity index (χ1n) is 9.62. The van der Waals surface area contributed by atoms with Crippen molar-refractivity contribution in [2.24, 2.45) is 5.41 Å². The molecule has 2 fully saturated rings. The molecule has 2 saturated heterocycles. The number of rotatable bonds is 3. The van der Waals surface area contributed by atoms with Gasteiger partial charge in [-0.25, -0.2) is 4.98 Å². The van der Waals surface area contributed by atoms with Crippen LogP contribution in [-0.4, -0.2) is 40.2 Å². The first kappa shape index (κ1) is 17.2. The summed E-state index contributed by atoms with van der Waals surface area (Å²) in [5, 5.41) is 4.14. The largest absolute Gasteiger partial charge is 0.377 e. The number of halogens is 1. The minimum absolute atomic E-state index is 0.266. The lowest BCUT2D eigenvalue weighted by molar-refractivity contribution is 0.0863. The van der Waals surface area contributed by atoms with Crippen LogP contribution in [0.2, 0.25) is 5.02 Å². The van der Waals surface area contributed by atoms with E-state index < -0.39 is 0 Å². The number of hydrogen-bond acceptors (Lipinski definition) is 4. The van der Waals surface area contributed by atoms with Crippen molar-refractivity contribution in [1.29, 1.82) is 0 Å². The van der Waals surface area contributed by atoms with Crippen LogP contribution < -0.4 is 5.32 Å². The molecule has 5 rings (SSSR count). The van der Waals surface area contributed by atoms with Crippen LogP contribution in [0, 0.1) is 5.41 Å². The molecule has 0 aliphatic carbocycles. The van der Waals surface area contributed by atoms with Gasteiger partial charge in [0.25, 0.3) is 0 Å². The molecule has 3 aromatic rings. The minimum atomic E-state index is 0.266. The molecule has 5 nitrogen and oxygen atoms in total. The summed E-state index contributed by atoms with van der Waals surface area (Å²) >= 11 is 6.16. The summed E-state index contributed by atoms with van der Waals surface area (Å²) in [5.41, 5.74) is 4.19. The van der Waals surface area contributed by atoms with Crippen LogP contribution in [0.5, 0.6) is 0 Å². The molecule has 2 aliphatic rings. The average molecular weight is 383 g/mol. The topological polar surface area (TPSA) is 51.5 Å². The van der Waals surface area contributed by atoms with Crippen molar-refractivity contribution in [3.8, 4) is 11.4 Å². The Morgan fingerprint density at radius 1 is 1.22 bits per heavy atom. The van der Waals surface area contributed by atoms with Gasteiger partial charge in [0.05, 0.1) is 35.3 Å². The van der Waals surface area contributed by atoms with Crippen molar-refractivity contribution < 1.29 is 4.74 Å². The van der Waals surface area contributed by atoms with Crippen LogP contribution in [0.4, 0.5) is 0 Å².